The number of aryl methyl sites for hydroxylation is 1. The molecule has 0 atom stereocenters. The van der Waals surface area contributed by atoms with E-state index in [-0.39, 0.29) is 6.54 Å². The van der Waals surface area contributed by atoms with Gasteiger partial charge in [-0.25, -0.2) is 5.43 Å². The molecule has 0 aliphatic carbocycles. The summed E-state index contributed by atoms with van der Waals surface area (Å²) in [5.41, 5.74) is 5.09. The zero-order valence-corrected chi connectivity index (χ0v) is 14.7. The smallest absolute Gasteiger partial charge is 0.329 e. The molecular weight excluding hydrogens is 338 g/mol. The summed E-state index contributed by atoms with van der Waals surface area (Å²) >= 11 is 5.79. The molecule has 0 unspecified atom stereocenters. The predicted octanol–water partition coefficient (Wildman–Crippen LogP) is 3.08. The molecule has 0 saturated carbocycles. The molecule has 130 valence electrons. The molecule has 0 aromatic heterocycles. The second-order valence-electron chi connectivity index (χ2n) is 5.58. The molecule has 0 aliphatic rings. The Labute approximate surface area is 152 Å². The van der Waals surface area contributed by atoms with Crippen LogP contribution in [0, 0.1) is 0 Å². The molecule has 2 N–H and O–H groups in total. The molecule has 6 heteroatoms. The van der Waals surface area contributed by atoms with Crippen LogP contribution in [0.15, 0.2) is 59.7 Å². The lowest BCUT2D eigenvalue weighted by Crippen LogP contribution is -2.37. The molecule has 2 rings (SSSR count). The molecule has 5 nitrogen and oxygen atoms in total. The van der Waals surface area contributed by atoms with Gasteiger partial charge in [-0.15, -0.1) is 0 Å². The second-order valence-corrected chi connectivity index (χ2v) is 6.02. The minimum absolute atomic E-state index is 0.250. The van der Waals surface area contributed by atoms with Gasteiger partial charge in [0.25, 0.3) is 0 Å². The Kier molecular flexibility index (Phi) is 7.16. The van der Waals surface area contributed by atoms with E-state index >= 15 is 0 Å². The number of hydrogen-bond donors (Lipinski definition) is 2. The number of nitrogens with zero attached hydrogens (tertiary/aromatic N) is 1. The molecule has 0 aliphatic heterocycles. The summed E-state index contributed by atoms with van der Waals surface area (Å²) in [4.78, 5) is 23.5. The van der Waals surface area contributed by atoms with Crippen LogP contribution in [0.5, 0.6) is 0 Å². The third kappa shape index (κ3) is 6.77. The van der Waals surface area contributed by atoms with Gasteiger partial charge in [0.1, 0.15) is 0 Å². The Morgan fingerprint density at radius 3 is 2.32 bits per heavy atom. The topological polar surface area (TPSA) is 70.6 Å². The van der Waals surface area contributed by atoms with E-state index < -0.39 is 11.8 Å². The number of carbonyl (C=O) groups is 2. The number of amides is 2. The Morgan fingerprint density at radius 2 is 1.64 bits per heavy atom. The van der Waals surface area contributed by atoms with Crippen molar-refractivity contribution in [2.75, 3.05) is 0 Å². The monoisotopic (exact) mass is 357 g/mol. The number of benzene rings is 2. The average molecular weight is 358 g/mol. The van der Waals surface area contributed by atoms with E-state index in [1.165, 1.54) is 5.56 Å². The van der Waals surface area contributed by atoms with E-state index in [1.807, 2.05) is 37.3 Å². The van der Waals surface area contributed by atoms with Gasteiger partial charge in [0.15, 0.2) is 0 Å². The second kappa shape index (κ2) is 9.59. The molecule has 0 fully saturated rings. The summed E-state index contributed by atoms with van der Waals surface area (Å²) in [5, 5.41) is 7.12. The lowest BCUT2D eigenvalue weighted by Gasteiger charge is -2.05. The van der Waals surface area contributed by atoms with Crippen molar-refractivity contribution in [3.05, 3.63) is 70.7 Å². The van der Waals surface area contributed by atoms with Gasteiger partial charge < -0.3 is 5.32 Å². The van der Waals surface area contributed by atoms with Crippen LogP contribution >= 0.6 is 11.6 Å². The van der Waals surface area contributed by atoms with Crippen LogP contribution in [-0.4, -0.2) is 17.5 Å². The van der Waals surface area contributed by atoms with E-state index in [1.54, 1.807) is 24.3 Å². The Morgan fingerprint density at radius 1 is 0.960 bits per heavy atom. The van der Waals surface area contributed by atoms with Crippen LogP contribution in [-0.2, 0) is 22.6 Å². The number of carbonyl (C=O) groups excluding carboxylic acids is 2. The van der Waals surface area contributed by atoms with Crippen molar-refractivity contribution in [2.45, 2.75) is 26.3 Å². The van der Waals surface area contributed by atoms with Crippen molar-refractivity contribution in [2.24, 2.45) is 5.10 Å². The predicted molar refractivity (Wildman–Crippen MR) is 99.3 cm³/mol. The fourth-order valence-corrected chi connectivity index (χ4v) is 2.21. The summed E-state index contributed by atoms with van der Waals surface area (Å²) in [6.07, 6.45) is 1.53. The maximum Gasteiger partial charge on any atom is 0.329 e. The molecule has 0 bridgehead atoms. The van der Waals surface area contributed by atoms with Crippen molar-refractivity contribution in [1.82, 2.24) is 10.7 Å². The van der Waals surface area contributed by atoms with Gasteiger partial charge in [0.2, 0.25) is 0 Å². The van der Waals surface area contributed by atoms with Crippen molar-refractivity contribution in [3.63, 3.8) is 0 Å². The Hall–Kier alpha value is -2.66. The third-order valence-corrected chi connectivity index (χ3v) is 3.79. The van der Waals surface area contributed by atoms with Crippen molar-refractivity contribution in [3.8, 4) is 0 Å². The van der Waals surface area contributed by atoms with Gasteiger partial charge in [0.05, 0.1) is 0 Å². The zero-order chi connectivity index (χ0) is 18.1. The number of rotatable bonds is 6. The number of nitrogens with one attached hydrogen (secondary N) is 2. The first-order valence-corrected chi connectivity index (χ1v) is 8.32. The van der Waals surface area contributed by atoms with Crippen LogP contribution in [0.3, 0.4) is 0 Å². The lowest BCUT2D eigenvalue weighted by atomic mass is 10.1. The summed E-state index contributed by atoms with van der Waals surface area (Å²) in [6, 6.07) is 17.0. The summed E-state index contributed by atoms with van der Waals surface area (Å²) in [7, 11) is 0. The van der Waals surface area contributed by atoms with Crippen LogP contribution in [0.1, 0.15) is 24.5 Å². The van der Waals surface area contributed by atoms with E-state index in [0.717, 1.165) is 17.7 Å². The molecule has 0 heterocycles. The van der Waals surface area contributed by atoms with Crippen LogP contribution in [0.25, 0.3) is 0 Å². The third-order valence-electron chi connectivity index (χ3n) is 3.54. The quantitative estimate of drug-likeness (QED) is 0.474. The van der Waals surface area contributed by atoms with Crippen molar-refractivity contribution >= 4 is 29.1 Å². The van der Waals surface area contributed by atoms with E-state index in [4.69, 9.17) is 11.6 Å². The number of hydrogen-bond acceptors (Lipinski definition) is 3. The van der Waals surface area contributed by atoms with Gasteiger partial charge in [-0.3, -0.25) is 9.59 Å². The fraction of sp³-hybridized carbons (Fsp3) is 0.211. The first kappa shape index (κ1) is 18.7. The first-order chi connectivity index (χ1) is 12.0. The van der Waals surface area contributed by atoms with Gasteiger partial charge in [-0.05, 0) is 43.0 Å². The SMILES string of the molecule is C/C(CCc1ccccc1)=N\NC(=O)C(=O)NCc1ccc(Cl)cc1. The van der Waals surface area contributed by atoms with E-state index in [2.05, 4.69) is 15.8 Å². The Bertz CT molecular complexity index is 743. The number of halogens is 1. The van der Waals surface area contributed by atoms with Gasteiger partial charge >= 0.3 is 11.8 Å². The van der Waals surface area contributed by atoms with Crippen LogP contribution < -0.4 is 10.7 Å². The summed E-state index contributed by atoms with van der Waals surface area (Å²) < 4.78 is 0. The highest BCUT2D eigenvalue weighted by Gasteiger charge is 2.12. The van der Waals surface area contributed by atoms with Gasteiger partial charge in [-0.1, -0.05) is 54.1 Å². The highest BCUT2D eigenvalue weighted by Crippen LogP contribution is 2.09. The van der Waals surface area contributed by atoms with Gasteiger partial charge in [-0.2, -0.15) is 5.10 Å². The maximum atomic E-state index is 11.8. The standard InChI is InChI=1S/C19H20ClN3O2/c1-14(7-8-15-5-3-2-4-6-15)22-23-19(25)18(24)21-13-16-9-11-17(20)12-10-16/h2-6,9-12H,7-8,13H2,1H3,(H,21,24)(H,23,25)/b22-14+. The molecule has 2 amide bonds. The van der Waals surface area contributed by atoms with E-state index in [0.29, 0.717) is 11.4 Å². The highest BCUT2D eigenvalue weighted by atomic mass is 35.5. The molecule has 2 aromatic carbocycles. The largest absolute Gasteiger partial charge is 0.344 e. The molecule has 0 radical (unpaired) electrons. The normalized spacial score (nSPS) is 11.0. The molecule has 25 heavy (non-hydrogen) atoms. The molecular formula is C19H20ClN3O2. The zero-order valence-electron chi connectivity index (χ0n) is 14.0. The van der Waals surface area contributed by atoms with Crippen molar-refractivity contribution in [1.29, 1.82) is 0 Å². The lowest BCUT2D eigenvalue weighted by molar-refractivity contribution is -0.139. The van der Waals surface area contributed by atoms with Gasteiger partial charge in [0, 0.05) is 17.3 Å². The minimum atomic E-state index is -0.784. The van der Waals surface area contributed by atoms with Crippen molar-refractivity contribution < 1.29 is 9.59 Å². The minimum Gasteiger partial charge on any atom is -0.344 e. The summed E-state index contributed by atoms with van der Waals surface area (Å²) in [5.74, 6) is -1.51. The maximum absolute atomic E-state index is 11.8. The highest BCUT2D eigenvalue weighted by molar-refractivity contribution is 6.35. The van der Waals surface area contributed by atoms with Crippen LogP contribution in [0.2, 0.25) is 5.02 Å². The molecule has 2 aromatic rings. The average Bonchev–Trinajstić information content (AvgIpc) is 2.64. The fourth-order valence-electron chi connectivity index (χ4n) is 2.09. The molecule has 0 spiro atoms. The molecule has 0 saturated heterocycles. The Balaban J connectivity index is 1.74. The number of hydrazone groups is 1. The summed E-state index contributed by atoms with van der Waals surface area (Å²) in [6.45, 7) is 2.06. The van der Waals surface area contributed by atoms with Crippen LogP contribution in [0.4, 0.5) is 0 Å². The van der Waals surface area contributed by atoms with E-state index in [9.17, 15) is 9.59 Å². The first-order valence-electron chi connectivity index (χ1n) is 7.94.